The molecule has 1 heterocycles. The predicted molar refractivity (Wildman–Crippen MR) is 106 cm³/mol. The van der Waals surface area contributed by atoms with Crippen molar-refractivity contribution in [2.45, 2.75) is 13.0 Å². The zero-order valence-corrected chi connectivity index (χ0v) is 16.2. The third-order valence-electron chi connectivity index (χ3n) is 4.92. The predicted octanol–water partition coefficient (Wildman–Crippen LogP) is 1.56. The Hall–Kier alpha value is -2.37. The molecule has 0 unspecified atom stereocenters. The van der Waals surface area contributed by atoms with Crippen molar-refractivity contribution in [3.63, 3.8) is 0 Å². The van der Waals surface area contributed by atoms with Gasteiger partial charge in [0.15, 0.2) is 6.54 Å². The molecule has 0 aromatic heterocycles. The first-order valence-electron chi connectivity index (χ1n) is 9.25. The number of halogens is 1. The SMILES string of the molecule is C[C@H](NC(=O)C[NH+]1CCN(C(=O)c2ccccc2)CC1)c1cccc(Cl)c1. The van der Waals surface area contributed by atoms with Gasteiger partial charge >= 0.3 is 0 Å². The summed E-state index contributed by atoms with van der Waals surface area (Å²) in [6, 6.07) is 16.8. The zero-order valence-electron chi connectivity index (χ0n) is 15.5. The summed E-state index contributed by atoms with van der Waals surface area (Å²) in [6.07, 6.45) is 0. The highest BCUT2D eigenvalue weighted by molar-refractivity contribution is 6.30. The smallest absolute Gasteiger partial charge is 0.275 e. The second kappa shape index (κ2) is 9.02. The lowest BCUT2D eigenvalue weighted by atomic mass is 10.1. The third-order valence-corrected chi connectivity index (χ3v) is 5.15. The number of nitrogens with one attached hydrogen (secondary N) is 2. The number of quaternary nitrogens is 1. The van der Waals surface area contributed by atoms with Gasteiger partial charge in [-0.1, -0.05) is 41.9 Å². The van der Waals surface area contributed by atoms with Crippen LogP contribution >= 0.6 is 11.6 Å². The Kier molecular flexibility index (Phi) is 6.48. The van der Waals surface area contributed by atoms with Crippen molar-refractivity contribution in [2.75, 3.05) is 32.7 Å². The van der Waals surface area contributed by atoms with E-state index >= 15 is 0 Å². The van der Waals surface area contributed by atoms with Crippen LogP contribution in [0, 0.1) is 0 Å². The van der Waals surface area contributed by atoms with E-state index < -0.39 is 0 Å². The van der Waals surface area contributed by atoms with Crippen LogP contribution in [0.3, 0.4) is 0 Å². The molecule has 0 aliphatic carbocycles. The van der Waals surface area contributed by atoms with Gasteiger partial charge in [0.05, 0.1) is 32.2 Å². The van der Waals surface area contributed by atoms with E-state index in [9.17, 15) is 9.59 Å². The number of hydrogen-bond donors (Lipinski definition) is 2. The van der Waals surface area contributed by atoms with Gasteiger partial charge in [0.25, 0.3) is 11.8 Å². The van der Waals surface area contributed by atoms with Crippen molar-refractivity contribution >= 4 is 23.4 Å². The highest BCUT2D eigenvalue weighted by Crippen LogP contribution is 2.17. The maximum atomic E-state index is 12.5. The first-order chi connectivity index (χ1) is 13.0. The van der Waals surface area contributed by atoms with Crippen molar-refractivity contribution in [2.24, 2.45) is 0 Å². The van der Waals surface area contributed by atoms with Gasteiger partial charge in [-0.15, -0.1) is 0 Å². The Morgan fingerprint density at radius 3 is 2.48 bits per heavy atom. The average Bonchev–Trinajstić information content (AvgIpc) is 2.68. The van der Waals surface area contributed by atoms with E-state index in [1.807, 2.05) is 66.4 Å². The molecule has 2 aromatic rings. The van der Waals surface area contributed by atoms with Gasteiger partial charge in [0.1, 0.15) is 0 Å². The van der Waals surface area contributed by atoms with E-state index in [1.54, 1.807) is 0 Å². The lowest BCUT2D eigenvalue weighted by molar-refractivity contribution is -0.896. The molecule has 1 aliphatic heterocycles. The van der Waals surface area contributed by atoms with Crippen molar-refractivity contribution in [1.29, 1.82) is 0 Å². The van der Waals surface area contributed by atoms with Gasteiger partial charge in [0.2, 0.25) is 0 Å². The van der Waals surface area contributed by atoms with Gasteiger partial charge in [0, 0.05) is 10.6 Å². The number of piperazine rings is 1. The third kappa shape index (κ3) is 5.31. The number of benzene rings is 2. The Morgan fingerprint density at radius 2 is 1.81 bits per heavy atom. The molecular weight excluding hydrogens is 362 g/mol. The van der Waals surface area contributed by atoms with Crippen LogP contribution in [0.4, 0.5) is 0 Å². The lowest BCUT2D eigenvalue weighted by Gasteiger charge is -2.32. The Bertz CT molecular complexity index is 789. The van der Waals surface area contributed by atoms with Crippen LogP contribution < -0.4 is 10.2 Å². The second-order valence-corrected chi connectivity index (χ2v) is 7.37. The summed E-state index contributed by atoms with van der Waals surface area (Å²) < 4.78 is 0. The summed E-state index contributed by atoms with van der Waals surface area (Å²) in [5.41, 5.74) is 1.71. The lowest BCUT2D eigenvalue weighted by Crippen LogP contribution is -3.15. The van der Waals surface area contributed by atoms with E-state index in [0.717, 1.165) is 18.7 Å². The maximum Gasteiger partial charge on any atom is 0.275 e. The topological polar surface area (TPSA) is 53.9 Å². The monoisotopic (exact) mass is 386 g/mol. The molecule has 142 valence electrons. The number of carbonyl (C=O) groups is 2. The van der Waals surface area contributed by atoms with Gasteiger partial charge in [-0.05, 0) is 36.8 Å². The molecule has 1 aliphatic rings. The Morgan fingerprint density at radius 1 is 1.11 bits per heavy atom. The summed E-state index contributed by atoms with van der Waals surface area (Å²) >= 11 is 6.02. The quantitative estimate of drug-likeness (QED) is 0.819. The minimum atomic E-state index is -0.0865. The average molecular weight is 387 g/mol. The zero-order chi connectivity index (χ0) is 19.2. The molecule has 0 bridgehead atoms. The molecule has 1 fully saturated rings. The fourth-order valence-electron chi connectivity index (χ4n) is 3.34. The number of carbonyl (C=O) groups excluding carboxylic acids is 2. The second-order valence-electron chi connectivity index (χ2n) is 6.93. The number of rotatable bonds is 5. The molecule has 2 amide bonds. The molecule has 27 heavy (non-hydrogen) atoms. The number of amides is 2. The van der Waals surface area contributed by atoms with Gasteiger partial charge < -0.3 is 15.1 Å². The largest absolute Gasteiger partial charge is 0.345 e. The summed E-state index contributed by atoms with van der Waals surface area (Å²) in [6.45, 7) is 5.25. The molecule has 0 radical (unpaired) electrons. The Labute approximate surface area is 164 Å². The van der Waals surface area contributed by atoms with E-state index in [0.29, 0.717) is 30.2 Å². The van der Waals surface area contributed by atoms with E-state index in [4.69, 9.17) is 11.6 Å². The van der Waals surface area contributed by atoms with Crippen LogP contribution in [0.1, 0.15) is 28.9 Å². The molecule has 5 nitrogen and oxygen atoms in total. The molecule has 0 spiro atoms. The molecular formula is C21H25ClN3O2+. The van der Waals surface area contributed by atoms with Crippen LogP contribution in [0.5, 0.6) is 0 Å². The van der Waals surface area contributed by atoms with Crippen molar-refractivity contribution in [1.82, 2.24) is 10.2 Å². The molecule has 6 heteroatoms. The maximum absolute atomic E-state index is 12.5. The minimum absolute atomic E-state index is 0.0142. The van der Waals surface area contributed by atoms with E-state index in [1.165, 1.54) is 4.90 Å². The Balaban J connectivity index is 1.46. The fraction of sp³-hybridized carbons (Fsp3) is 0.333. The molecule has 1 atom stereocenters. The van der Waals surface area contributed by atoms with Gasteiger partial charge in [-0.25, -0.2) is 0 Å². The first kappa shape index (κ1) is 19.4. The summed E-state index contributed by atoms with van der Waals surface area (Å²) in [5, 5.41) is 3.70. The van der Waals surface area contributed by atoms with E-state index in [2.05, 4.69) is 5.32 Å². The van der Waals surface area contributed by atoms with Crippen LogP contribution in [0.15, 0.2) is 54.6 Å². The molecule has 3 rings (SSSR count). The normalized spacial score (nSPS) is 16.0. The first-order valence-corrected chi connectivity index (χ1v) is 9.63. The molecule has 2 N–H and O–H groups in total. The van der Waals surface area contributed by atoms with Crippen LogP contribution in [-0.4, -0.2) is 49.4 Å². The van der Waals surface area contributed by atoms with Crippen LogP contribution in [0.2, 0.25) is 5.02 Å². The van der Waals surface area contributed by atoms with Crippen LogP contribution in [0.25, 0.3) is 0 Å². The number of hydrogen-bond acceptors (Lipinski definition) is 2. The van der Waals surface area contributed by atoms with Crippen molar-refractivity contribution < 1.29 is 14.5 Å². The van der Waals surface area contributed by atoms with Crippen LogP contribution in [-0.2, 0) is 4.79 Å². The van der Waals surface area contributed by atoms with Gasteiger partial charge in [-0.3, -0.25) is 9.59 Å². The summed E-state index contributed by atoms with van der Waals surface area (Å²) in [4.78, 5) is 27.9. The minimum Gasteiger partial charge on any atom is -0.345 e. The molecule has 0 saturated carbocycles. The molecule has 1 saturated heterocycles. The highest BCUT2D eigenvalue weighted by Gasteiger charge is 2.26. The van der Waals surface area contributed by atoms with Crippen molar-refractivity contribution in [3.05, 3.63) is 70.7 Å². The number of nitrogens with zero attached hydrogens (tertiary/aromatic N) is 1. The van der Waals surface area contributed by atoms with E-state index in [-0.39, 0.29) is 17.9 Å². The standard InChI is InChI=1S/C21H24ClN3O2/c1-16(18-8-5-9-19(22)14-18)23-20(26)15-24-10-12-25(13-11-24)21(27)17-6-3-2-4-7-17/h2-9,14,16H,10-13,15H2,1H3,(H,23,26)/p+1/t16-/m0/s1. The van der Waals surface area contributed by atoms with Gasteiger partial charge in [-0.2, -0.15) is 0 Å². The fourth-order valence-corrected chi connectivity index (χ4v) is 3.54. The summed E-state index contributed by atoms with van der Waals surface area (Å²) in [7, 11) is 0. The molecule has 2 aromatic carbocycles. The summed E-state index contributed by atoms with van der Waals surface area (Å²) in [5.74, 6) is 0.0778. The highest BCUT2D eigenvalue weighted by atomic mass is 35.5. The van der Waals surface area contributed by atoms with Crippen molar-refractivity contribution in [3.8, 4) is 0 Å².